The molecule has 0 unspecified atom stereocenters. The van der Waals surface area contributed by atoms with E-state index in [1.165, 1.54) is 0 Å². The summed E-state index contributed by atoms with van der Waals surface area (Å²) in [5.74, 6) is 0. The maximum atomic E-state index is 9.03. The third-order valence-corrected chi connectivity index (χ3v) is 1.60. The van der Waals surface area contributed by atoms with Gasteiger partial charge in [0, 0.05) is 0 Å². The molecule has 5 heteroatoms. The first-order chi connectivity index (χ1) is 5.16. The fourth-order valence-electron chi connectivity index (χ4n) is 0.959. The highest BCUT2D eigenvalue weighted by Gasteiger charge is 2.39. The van der Waals surface area contributed by atoms with Gasteiger partial charge in [-0.25, -0.2) is 0 Å². The topological polar surface area (TPSA) is 90.2 Å². The van der Waals surface area contributed by atoms with E-state index in [2.05, 4.69) is 0 Å². The molecule has 1 fully saturated rings. The molecular formula is C6H11O5. The van der Waals surface area contributed by atoms with Crippen molar-refractivity contribution in [2.75, 3.05) is 13.2 Å². The van der Waals surface area contributed by atoms with Gasteiger partial charge >= 0.3 is 0 Å². The van der Waals surface area contributed by atoms with Crippen LogP contribution in [0, 0.1) is 6.10 Å². The van der Waals surface area contributed by atoms with Crippen LogP contribution in [0.5, 0.6) is 0 Å². The first-order valence-electron chi connectivity index (χ1n) is 3.31. The summed E-state index contributed by atoms with van der Waals surface area (Å²) in [6, 6.07) is 0. The molecule has 0 bridgehead atoms. The highest BCUT2D eigenvalue weighted by atomic mass is 16.5. The molecule has 1 heterocycles. The Balaban J connectivity index is 2.47. The van der Waals surface area contributed by atoms with Crippen molar-refractivity contribution in [3.63, 3.8) is 0 Å². The summed E-state index contributed by atoms with van der Waals surface area (Å²) in [4.78, 5) is 0. The Bertz CT molecular complexity index is 128. The van der Waals surface area contributed by atoms with Crippen molar-refractivity contribution >= 4 is 0 Å². The van der Waals surface area contributed by atoms with Crippen LogP contribution < -0.4 is 0 Å². The van der Waals surface area contributed by atoms with Crippen molar-refractivity contribution in [3.8, 4) is 0 Å². The van der Waals surface area contributed by atoms with Crippen LogP contribution in [0.4, 0.5) is 0 Å². The molecule has 1 aliphatic rings. The average Bonchev–Trinajstić information content (AvgIpc) is 2.32. The number of aliphatic hydroxyl groups excluding tert-OH is 4. The van der Waals surface area contributed by atoms with Gasteiger partial charge in [0.05, 0.1) is 13.2 Å². The van der Waals surface area contributed by atoms with E-state index < -0.39 is 24.9 Å². The Morgan fingerprint density at radius 2 is 2.27 bits per heavy atom. The predicted octanol–water partition coefficient (Wildman–Crippen LogP) is -2.00. The minimum atomic E-state index is -1.16. The number of ether oxygens (including phenoxy) is 1. The van der Waals surface area contributed by atoms with Crippen LogP contribution in [0.2, 0.25) is 0 Å². The summed E-state index contributed by atoms with van der Waals surface area (Å²) in [5.41, 5.74) is 0. The van der Waals surface area contributed by atoms with Crippen molar-refractivity contribution in [1.82, 2.24) is 0 Å². The first-order valence-corrected chi connectivity index (χ1v) is 3.31. The summed E-state index contributed by atoms with van der Waals surface area (Å²) < 4.78 is 4.78. The maximum absolute atomic E-state index is 9.03. The third kappa shape index (κ3) is 1.69. The van der Waals surface area contributed by atoms with Gasteiger partial charge in [-0.05, 0) is 0 Å². The van der Waals surface area contributed by atoms with Crippen LogP contribution in [-0.2, 0) is 4.74 Å². The molecule has 0 aromatic rings. The molecule has 65 valence electrons. The largest absolute Gasteiger partial charge is 0.394 e. The molecule has 4 N–H and O–H groups in total. The molecule has 1 aliphatic heterocycles. The summed E-state index contributed by atoms with van der Waals surface area (Å²) in [6.45, 7) is -0.533. The fourth-order valence-corrected chi connectivity index (χ4v) is 0.959. The Kier molecular flexibility index (Phi) is 2.80. The molecule has 0 aromatic carbocycles. The number of hydrogen-bond acceptors (Lipinski definition) is 5. The molecule has 0 spiro atoms. The van der Waals surface area contributed by atoms with Gasteiger partial charge in [-0.3, -0.25) is 0 Å². The standard InChI is InChI=1S/C6H11O5/c7-1-3(8)6-5(10)4(9)2-11-6/h3-4,6-10H,1-2H2/t3-,4+,6+/m1/s1. The SMILES string of the molecule is OC[C@@H](O)[C@@H]1OC[C@H](O)[C]1O. The van der Waals surface area contributed by atoms with Crippen LogP contribution in [-0.4, -0.2) is 52.0 Å². The smallest absolute Gasteiger partial charge is 0.155 e. The molecule has 3 atom stereocenters. The normalized spacial score (nSPS) is 36.0. The minimum Gasteiger partial charge on any atom is -0.394 e. The van der Waals surface area contributed by atoms with Crippen LogP contribution in [0.3, 0.4) is 0 Å². The molecule has 0 saturated carbocycles. The van der Waals surface area contributed by atoms with Crippen molar-refractivity contribution in [2.45, 2.75) is 18.3 Å². The van der Waals surface area contributed by atoms with E-state index in [4.69, 9.17) is 25.2 Å². The van der Waals surface area contributed by atoms with Crippen LogP contribution in [0.25, 0.3) is 0 Å². The van der Waals surface area contributed by atoms with Crippen molar-refractivity contribution in [3.05, 3.63) is 6.10 Å². The summed E-state index contributed by atoms with van der Waals surface area (Å²) in [5, 5.41) is 35.4. The second kappa shape index (κ2) is 3.46. The maximum Gasteiger partial charge on any atom is 0.155 e. The van der Waals surface area contributed by atoms with Gasteiger partial charge in [-0.15, -0.1) is 0 Å². The zero-order valence-corrected chi connectivity index (χ0v) is 5.84. The molecule has 1 saturated heterocycles. The van der Waals surface area contributed by atoms with Gasteiger partial charge in [-0.2, -0.15) is 0 Å². The van der Waals surface area contributed by atoms with Crippen LogP contribution >= 0.6 is 0 Å². The molecule has 1 rings (SSSR count). The molecule has 11 heavy (non-hydrogen) atoms. The number of hydrogen-bond donors (Lipinski definition) is 4. The summed E-state index contributed by atoms with van der Waals surface area (Å²) >= 11 is 0. The van der Waals surface area contributed by atoms with E-state index in [1.54, 1.807) is 0 Å². The van der Waals surface area contributed by atoms with Gasteiger partial charge in [0.1, 0.15) is 18.3 Å². The second-order valence-electron chi connectivity index (χ2n) is 2.44. The number of rotatable bonds is 2. The lowest BCUT2D eigenvalue weighted by Crippen LogP contribution is -2.34. The molecule has 0 aliphatic carbocycles. The van der Waals surface area contributed by atoms with Crippen molar-refractivity contribution < 1.29 is 25.2 Å². The van der Waals surface area contributed by atoms with Crippen LogP contribution in [0.15, 0.2) is 0 Å². The van der Waals surface area contributed by atoms with Crippen molar-refractivity contribution in [1.29, 1.82) is 0 Å². The van der Waals surface area contributed by atoms with Gasteiger partial charge in [0.15, 0.2) is 6.10 Å². The van der Waals surface area contributed by atoms with Gasteiger partial charge in [-0.1, -0.05) is 0 Å². The zero-order chi connectivity index (χ0) is 8.43. The second-order valence-corrected chi connectivity index (χ2v) is 2.44. The minimum absolute atomic E-state index is 0.0342. The number of aliphatic hydroxyl groups is 4. The van der Waals surface area contributed by atoms with Crippen LogP contribution in [0.1, 0.15) is 0 Å². The van der Waals surface area contributed by atoms with E-state index in [-0.39, 0.29) is 12.7 Å². The van der Waals surface area contributed by atoms with E-state index in [1.807, 2.05) is 0 Å². The molecule has 0 amide bonds. The molecular weight excluding hydrogens is 152 g/mol. The molecule has 5 nitrogen and oxygen atoms in total. The Morgan fingerprint density at radius 1 is 1.64 bits per heavy atom. The predicted molar refractivity (Wildman–Crippen MR) is 34.0 cm³/mol. The van der Waals surface area contributed by atoms with Gasteiger partial charge < -0.3 is 25.2 Å². The average molecular weight is 163 g/mol. The first kappa shape index (κ1) is 8.89. The van der Waals surface area contributed by atoms with Gasteiger partial charge in [0.25, 0.3) is 0 Å². The lowest BCUT2D eigenvalue weighted by Gasteiger charge is -2.17. The Hall–Kier alpha value is -0.200. The third-order valence-electron chi connectivity index (χ3n) is 1.60. The zero-order valence-electron chi connectivity index (χ0n) is 5.84. The lowest BCUT2D eigenvalue weighted by atomic mass is 10.1. The lowest BCUT2D eigenvalue weighted by molar-refractivity contribution is -0.0395. The Morgan fingerprint density at radius 3 is 2.64 bits per heavy atom. The van der Waals surface area contributed by atoms with E-state index in [0.29, 0.717) is 0 Å². The van der Waals surface area contributed by atoms with Crippen molar-refractivity contribution in [2.24, 2.45) is 0 Å². The molecule has 1 radical (unpaired) electrons. The van der Waals surface area contributed by atoms with E-state index in [9.17, 15) is 0 Å². The Labute approximate surface area is 63.8 Å². The molecule has 0 aromatic heterocycles. The summed E-state index contributed by atoms with van der Waals surface area (Å²) in [7, 11) is 0. The summed E-state index contributed by atoms with van der Waals surface area (Å²) in [6.07, 6.45) is -3.46. The highest BCUT2D eigenvalue weighted by molar-refractivity contribution is 5.01. The fraction of sp³-hybridized carbons (Fsp3) is 0.833. The van der Waals surface area contributed by atoms with Gasteiger partial charge in [0.2, 0.25) is 0 Å². The highest BCUT2D eigenvalue weighted by Crippen LogP contribution is 2.23. The van der Waals surface area contributed by atoms with E-state index >= 15 is 0 Å². The van der Waals surface area contributed by atoms with E-state index in [0.717, 1.165) is 0 Å². The monoisotopic (exact) mass is 163 g/mol. The quantitative estimate of drug-likeness (QED) is 0.378.